The Hall–Kier alpha value is -3.56. The predicted octanol–water partition coefficient (Wildman–Crippen LogP) is 8.26. The van der Waals surface area contributed by atoms with E-state index in [2.05, 4.69) is 149 Å². The Morgan fingerprint density at radius 3 is 1.24 bits per heavy atom. The maximum atomic E-state index is 12.6. The molecule has 4 aliphatic rings. The number of hydrogen-bond donors (Lipinski definition) is 2. The van der Waals surface area contributed by atoms with Crippen molar-refractivity contribution in [2.24, 2.45) is 11.8 Å². The molecular formula is C41H58N6O2. The van der Waals surface area contributed by atoms with E-state index in [0.717, 1.165) is 83.3 Å². The highest BCUT2D eigenvalue weighted by molar-refractivity contribution is 5.80. The van der Waals surface area contributed by atoms with Crippen LogP contribution < -0.4 is 0 Å². The van der Waals surface area contributed by atoms with Crippen LogP contribution in [0.25, 0.3) is 11.1 Å². The molecule has 8 nitrogen and oxygen atoms in total. The van der Waals surface area contributed by atoms with Crippen LogP contribution in [-0.4, -0.2) is 93.8 Å². The van der Waals surface area contributed by atoms with E-state index in [1.165, 1.54) is 0 Å². The van der Waals surface area contributed by atoms with Gasteiger partial charge in [0.05, 0.1) is 22.5 Å². The van der Waals surface area contributed by atoms with E-state index in [0.29, 0.717) is 17.9 Å². The summed E-state index contributed by atoms with van der Waals surface area (Å²) in [4.78, 5) is 0. The number of rotatable bonds is 10. The Balaban J connectivity index is 1.64. The van der Waals surface area contributed by atoms with Crippen molar-refractivity contribution in [1.82, 2.24) is 30.3 Å². The molecule has 2 N–H and O–H groups in total. The lowest BCUT2D eigenvalue weighted by Gasteiger charge is -2.50. The minimum absolute atomic E-state index is 0.121. The third kappa shape index (κ3) is 5.17. The van der Waals surface area contributed by atoms with Crippen molar-refractivity contribution in [3.63, 3.8) is 0 Å². The number of benzene rings is 2. The van der Waals surface area contributed by atoms with E-state index in [9.17, 15) is 10.2 Å². The highest BCUT2D eigenvalue weighted by atomic mass is 16.3. The van der Waals surface area contributed by atoms with Crippen molar-refractivity contribution in [2.75, 3.05) is 42.3 Å². The van der Waals surface area contributed by atoms with Gasteiger partial charge in [0.1, 0.15) is 11.5 Å². The molecule has 0 aromatic heterocycles. The van der Waals surface area contributed by atoms with Gasteiger partial charge >= 0.3 is 0 Å². The first-order chi connectivity index (χ1) is 23.4. The number of hydrogen-bond acceptors (Lipinski definition) is 8. The first-order valence-corrected chi connectivity index (χ1v) is 18.2. The van der Waals surface area contributed by atoms with Gasteiger partial charge in [-0.25, -0.2) is 10.0 Å². The normalized spacial score (nSPS) is 28.8. The van der Waals surface area contributed by atoms with Crippen LogP contribution in [0.5, 0.6) is 0 Å². The van der Waals surface area contributed by atoms with Gasteiger partial charge in [-0.3, -0.25) is 10.0 Å². The lowest BCUT2D eigenvalue weighted by Crippen LogP contribution is -2.56. The molecule has 2 aromatic rings. The average Bonchev–Trinajstić information content (AvgIpc) is 3.39. The van der Waals surface area contributed by atoms with Crippen LogP contribution in [0.3, 0.4) is 0 Å². The summed E-state index contributed by atoms with van der Waals surface area (Å²) >= 11 is 0. The largest absolute Gasteiger partial charge is 0.507 e. The summed E-state index contributed by atoms with van der Waals surface area (Å²) in [6.45, 7) is 9.16. The Kier molecular flexibility index (Phi) is 9.57. The molecule has 8 heteroatoms. The van der Waals surface area contributed by atoms with Gasteiger partial charge in [-0.05, 0) is 57.1 Å². The van der Waals surface area contributed by atoms with Crippen molar-refractivity contribution in [3.05, 3.63) is 106 Å². The Morgan fingerprint density at radius 2 is 0.918 bits per heavy atom. The predicted molar refractivity (Wildman–Crippen MR) is 200 cm³/mol. The lowest BCUT2D eigenvalue weighted by molar-refractivity contribution is -0.104. The summed E-state index contributed by atoms with van der Waals surface area (Å²) in [6.07, 6.45) is 6.42. The van der Waals surface area contributed by atoms with Crippen LogP contribution in [0, 0.1) is 11.8 Å². The van der Waals surface area contributed by atoms with Crippen LogP contribution in [0.1, 0.15) is 83.8 Å². The van der Waals surface area contributed by atoms with Gasteiger partial charge < -0.3 is 10.2 Å². The summed E-state index contributed by atoms with van der Waals surface area (Å²) < 4.78 is 0. The number of aliphatic hydroxyl groups excluding tert-OH is 2. The van der Waals surface area contributed by atoms with Gasteiger partial charge in [0.2, 0.25) is 0 Å². The molecule has 0 saturated carbocycles. The molecule has 0 amide bonds. The minimum atomic E-state index is -0.473. The van der Waals surface area contributed by atoms with Crippen LogP contribution in [0.15, 0.2) is 94.7 Å². The quantitative estimate of drug-likeness (QED) is 0.263. The van der Waals surface area contributed by atoms with Gasteiger partial charge in [-0.15, -0.1) is 0 Å². The van der Waals surface area contributed by atoms with Gasteiger partial charge in [-0.1, -0.05) is 87.4 Å². The molecule has 2 heterocycles. The molecule has 2 aliphatic carbocycles. The first-order valence-electron chi connectivity index (χ1n) is 18.2. The van der Waals surface area contributed by atoms with Crippen molar-refractivity contribution in [1.29, 1.82) is 0 Å². The summed E-state index contributed by atoms with van der Waals surface area (Å²) in [5, 5.41) is 38.8. The smallest absolute Gasteiger partial charge is 0.124 e. The summed E-state index contributed by atoms with van der Waals surface area (Å²) in [6, 6.07) is 21.0. The summed E-state index contributed by atoms with van der Waals surface area (Å²) in [5.74, 6) is 0.584. The number of hydrazine groups is 4. The summed E-state index contributed by atoms with van der Waals surface area (Å²) in [5.41, 5.74) is 7.54. The Morgan fingerprint density at radius 1 is 0.571 bits per heavy atom. The third-order valence-electron chi connectivity index (χ3n) is 12.6. The van der Waals surface area contributed by atoms with E-state index in [1.54, 1.807) is 0 Å². The van der Waals surface area contributed by atoms with Crippen LogP contribution in [0.2, 0.25) is 0 Å². The van der Waals surface area contributed by atoms with E-state index < -0.39 is 11.1 Å². The zero-order chi connectivity index (χ0) is 35.4. The number of nitrogens with zero attached hydrogens (tertiary/aromatic N) is 6. The molecule has 0 spiro atoms. The second kappa shape index (κ2) is 13.3. The molecule has 2 aliphatic heterocycles. The zero-order valence-electron chi connectivity index (χ0n) is 31.5. The Bertz CT molecular complexity index is 1560. The molecule has 2 saturated heterocycles. The van der Waals surface area contributed by atoms with Gasteiger partial charge in [0.15, 0.2) is 0 Å². The number of unbranched alkanes of at least 4 members (excludes halogenated alkanes) is 2. The van der Waals surface area contributed by atoms with Crippen molar-refractivity contribution >= 4 is 11.1 Å². The fraction of sp³-hybridized carbons (Fsp3) is 0.512. The number of aliphatic hydroxyl groups is 2. The van der Waals surface area contributed by atoms with E-state index in [4.69, 9.17) is 0 Å². The SMILES string of the molecule is CCCCC1=C2N(C)N(C)N(C)C2(C)C(CC2C(c3ccccc3)=C(O)C(CCCC)=C3N(C)N(C)N(C)C32C)C(c2ccccc2)=C1O. The first kappa shape index (κ1) is 35.3. The van der Waals surface area contributed by atoms with Gasteiger partial charge in [-0.2, -0.15) is 10.2 Å². The van der Waals surface area contributed by atoms with Crippen molar-refractivity contribution in [2.45, 2.75) is 83.7 Å². The zero-order valence-corrected chi connectivity index (χ0v) is 31.5. The number of likely N-dealkylation sites (N-methyl/N-ethyl adjacent to an activating group) is 4. The third-order valence-corrected chi connectivity index (χ3v) is 12.6. The molecule has 2 fully saturated rings. The maximum Gasteiger partial charge on any atom is 0.124 e. The monoisotopic (exact) mass is 666 g/mol. The Labute approximate surface area is 294 Å². The molecule has 264 valence electrons. The standard InChI is InChI=1S/C41H58N6O2/c1-11-13-25-30-36(48)34(28-21-17-15-18-22-28)32(40(3)38(30)42(5)46(9)44(40)7)27-33-35(29-23-19-16-20-24-29)37(49)31(26-14-12-2)39-41(33,4)45(8)47(10)43(39)6/h15-24,32-33,48-49H,11-14,25-27H2,1-10H3. The molecule has 4 atom stereocenters. The van der Waals surface area contributed by atoms with E-state index >= 15 is 0 Å². The van der Waals surface area contributed by atoms with Crippen LogP contribution >= 0.6 is 0 Å². The van der Waals surface area contributed by atoms with Gasteiger partial charge in [0.25, 0.3) is 0 Å². The maximum absolute atomic E-state index is 12.6. The fourth-order valence-electron chi connectivity index (χ4n) is 9.50. The van der Waals surface area contributed by atoms with Crippen LogP contribution in [0.4, 0.5) is 0 Å². The number of allylic oxidation sites excluding steroid dienone is 2. The molecule has 4 unspecified atom stereocenters. The highest BCUT2D eigenvalue weighted by Crippen LogP contribution is 2.60. The lowest BCUT2D eigenvalue weighted by atomic mass is 9.60. The molecule has 49 heavy (non-hydrogen) atoms. The average molecular weight is 667 g/mol. The number of fused-ring (bicyclic) bond motifs is 2. The molecule has 0 radical (unpaired) electrons. The second-order valence-electron chi connectivity index (χ2n) is 14.8. The summed E-state index contributed by atoms with van der Waals surface area (Å²) in [7, 11) is 12.8. The highest BCUT2D eigenvalue weighted by Gasteiger charge is 2.61. The topological polar surface area (TPSA) is 59.9 Å². The minimum Gasteiger partial charge on any atom is -0.507 e. The molecular weight excluding hydrogens is 608 g/mol. The van der Waals surface area contributed by atoms with Crippen LogP contribution in [-0.2, 0) is 0 Å². The van der Waals surface area contributed by atoms with E-state index in [1.807, 2.05) is 12.1 Å². The molecule has 0 bridgehead atoms. The van der Waals surface area contributed by atoms with E-state index in [-0.39, 0.29) is 11.8 Å². The van der Waals surface area contributed by atoms with Crippen molar-refractivity contribution < 1.29 is 10.2 Å². The second-order valence-corrected chi connectivity index (χ2v) is 14.8. The fourth-order valence-corrected chi connectivity index (χ4v) is 9.50. The van der Waals surface area contributed by atoms with Crippen molar-refractivity contribution in [3.8, 4) is 0 Å². The molecule has 6 rings (SSSR count). The molecule has 2 aromatic carbocycles. The van der Waals surface area contributed by atoms with Gasteiger partial charge in [0, 0.05) is 76.4 Å².